The van der Waals surface area contributed by atoms with Crippen LogP contribution in [0.25, 0.3) is 0 Å². The van der Waals surface area contributed by atoms with Crippen molar-refractivity contribution in [3.05, 3.63) is 47.5 Å². The van der Waals surface area contributed by atoms with Crippen LogP contribution in [0.15, 0.2) is 42.0 Å². The molecule has 1 aliphatic carbocycles. The Kier molecular flexibility index (Phi) is 5.00. The second kappa shape index (κ2) is 6.75. The molecule has 0 heterocycles. The molecule has 0 spiro atoms. The van der Waals surface area contributed by atoms with E-state index in [0.29, 0.717) is 5.92 Å². The van der Waals surface area contributed by atoms with Gasteiger partial charge in [-0.15, -0.1) is 0 Å². The van der Waals surface area contributed by atoms with Gasteiger partial charge in [0.15, 0.2) is 0 Å². The summed E-state index contributed by atoms with van der Waals surface area (Å²) < 4.78 is 0. The van der Waals surface area contributed by atoms with Gasteiger partial charge >= 0.3 is 0 Å². The zero-order valence-electron chi connectivity index (χ0n) is 11.3. The highest BCUT2D eigenvalue weighted by molar-refractivity contribution is 5.25. The summed E-state index contributed by atoms with van der Waals surface area (Å²) in [7, 11) is 0. The van der Waals surface area contributed by atoms with Crippen LogP contribution in [0.5, 0.6) is 0 Å². The summed E-state index contributed by atoms with van der Waals surface area (Å²) in [6.07, 6.45) is 8.61. The van der Waals surface area contributed by atoms with E-state index in [1.165, 1.54) is 17.6 Å². The van der Waals surface area contributed by atoms with Gasteiger partial charge in [0.2, 0.25) is 0 Å². The molecule has 0 bridgehead atoms. The lowest BCUT2D eigenvalue weighted by atomic mass is 9.81. The second-order valence-corrected chi connectivity index (χ2v) is 5.33. The third-order valence-electron chi connectivity index (χ3n) is 3.93. The predicted molar refractivity (Wildman–Crippen MR) is 76.6 cm³/mol. The number of hydrogen-bond acceptors (Lipinski definition) is 1. The van der Waals surface area contributed by atoms with E-state index in [4.69, 9.17) is 0 Å². The van der Waals surface area contributed by atoms with Gasteiger partial charge in [-0.1, -0.05) is 56.2 Å². The topological polar surface area (TPSA) is 20.2 Å². The summed E-state index contributed by atoms with van der Waals surface area (Å²) in [6.45, 7) is 2.18. The van der Waals surface area contributed by atoms with Gasteiger partial charge in [-0.3, -0.25) is 0 Å². The Morgan fingerprint density at radius 1 is 1.28 bits per heavy atom. The van der Waals surface area contributed by atoms with Crippen molar-refractivity contribution in [3.63, 3.8) is 0 Å². The second-order valence-electron chi connectivity index (χ2n) is 5.33. The van der Waals surface area contributed by atoms with Crippen LogP contribution in [0.1, 0.15) is 56.9 Å². The number of aliphatic hydroxyl groups excluding tert-OH is 1. The van der Waals surface area contributed by atoms with Crippen molar-refractivity contribution in [1.82, 2.24) is 0 Å². The minimum absolute atomic E-state index is 0.212. The van der Waals surface area contributed by atoms with Gasteiger partial charge < -0.3 is 5.11 Å². The molecule has 0 fully saturated rings. The van der Waals surface area contributed by atoms with E-state index >= 15 is 0 Å². The van der Waals surface area contributed by atoms with Gasteiger partial charge in [-0.25, -0.2) is 0 Å². The third-order valence-corrected chi connectivity index (χ3v) is 3.93. The number of allylic oxidation sites excluding steroid dienone is 1. The van der Waals surface area contributed by atoms with Crippen molar-refractivity contribution in [2.45, 2.75) is 57.5 Å². The monoisotopic (exact) mass is 244 g/mol. The quantitative estimate of drug-likeness (QED) is 0.760. The highest BCUT2D eigenvalue weighted by Gasteiger charge is 2.21. The zero-order valence-corrected chi connectivity index (χ0v) is 11.3. The van der Waals surface area contributed by atoms with Gasteiger partial charge in [0.05, 0.1) is 6.10 Å². The van der Waals surface area contributed by atoms with Crippen molar-refractivity contribution in [3.8, 4) is 0 Å². The maximum absolute atomic E-state index is 10.2. The van der Waals surface area contributed by atoms with E-state index in [2.05, 4.69) is 43.3 Å². The van der Waals surface area contributed by atoms with Crippen LogP contribution in [-0.4, -0.2) is 11.2 Å². The molecule has 1 aliphatic rings. The summed E-state index contributed by atoms with van der Waals surface area (Å²) in [5, 5.41) is 10.2. The molecule has 0 amide bonds. The molecule has 0 saturated carbocycles. The summed E-state index contributed by atoms with van der Waals surface area (Å²) in [4.78, 5) is 0. The van der Waals surface area contributed by atoms with Crippen LogP contribution in [0.3, 0.4) is 0 Å². The van der Waals surface area contributed by atoms with Crippen LogP contribution >= 0.6 is 0 Å². The molecule has 1 nitrogen and oxygen atoms in total. The first kappa shape index (κ1) is 13.4. The van der Waals surface area contributed by atoms with E-state index in [-0.39, 0.29) is 6.10 Å². The molecule has 1 aromatic carbocycles. The average molecular weight is 244 g/mol. The molecular weight excluding hydrogens is 220 g/mol. The maximum Gasteiger partial charge on any atom is 0.0750 e. The Balaban J connectivity index is 1.97. The fourth-order valence-corrected chi connectivity index (χ4v) is 2.80. The predicted octanol–water partition coefficient (Wildman–Crippen LogP) is 4.43. The van der Waals surface area contributed by atoms with Crippen molar-refractivity contribution in [1.29, 1.82) is 0 Å². The Morgan fingerprint density at radius 2 is 2.06 bits per heavy atom. The number of unbranched alkanes of at least 4 members (excludes halogenated alkanes) is 1. The highest BCUT2D eigenvalue weighted by atomic mass is 16.3. The van der Waals surface area contributed by atoms with Gasteiger partial charge in [-0.05, 0) is 42.7 Å². The number of rotatable bonds is 5. The van der Waals surface area contributed by atoms with Crippen molar-refractivity contribution >= 4 is 0 Å². The maximum atomic E-state index is 10.2. The Labute approximate surface area is 111 Å². The SMILES string of the molecule is CCCCC(O)C1=CCCC(c2ccccc2)C1. The normalized spacial score (nSPS) is 21.4. The first-order valence-corrected chi connectivity index (χ1v) is 7.23. The van der Waals surface area contributed by atoms with Crippen LogP contribution in [0, 0.1) is 0 Å². The molecule has 2 rings (SSSR count). The summed E-state index contributed by atoms with van der Waals surface area (Å²) in [6, 6.07) is 10.7. The van der Waals surface area contributed by atoms with E-state index in [1.54, 1.807) is 0 Å². The summed E-state index contributed by atoms with van der Waals surface area (Å²) in [5.41, 5.74) is 2.69. The highest BCUT2D eigenvalue weighted by Crippen LogP contribution is 2.34. The summed E-state index contributed by atoms with van der Waals surface area (Å²) in [5.74, 6) is 0.600. The van der Waals surface area contributed by atoms with Crippen LogP contribution in [0.4, 0.5) is 0 Å². The minimum Gasteiger partial charge on any atom is -0.389 e. The van der Waals surface area contributed by atoms with Crippen molar-refractivity contribution < 1.29 is 5.11 Å². The molecule has 0 aliphatic heterocycles. The first-order valence-electron chi connectivity index (χ1n) is 7.23. The fourth-order valence-electron chi connectivity index (χ4n) is 2.80. The van der Waals surface area contributed by atoms with Gasteiger partial charge in [0.25, 0.3) is 0 Å². The van der Waals surface area contributed by atoms with E-state index < -0.39 is 0 Å². The number of hydrogen-bond donors (Lipinski definition) is 1. The molecule has 98 valence electrons. The molecular formula is C17H24O. The van der Waals surface area contributed by atoms with Crippen LogP contribution < -0.4 is 0 Å². The molecule has 2 atom stereocenters. The molecule has 1 aromatic rings. The van der Waals surface area contributed by atoms with Crippen molar-refractivity contribution in [2.24, 2.45) is 0 Å². The molecule has 0 radical (unpaired) electrons. The standard InChI is InChI=1S/C17H24O/c1-2-3-12-17(18)16-11-7-10-15(13-16)14-8-5-4-6-9-14/h4-6,8-9,11,15,17-18H,2-3,7,10,12-13H2,1H3. The lowest BCUT2D eigenvalue weighted by molar-refractivity contribution is 0.188. The van der Waals surface area contributed by atoms with Crippen LogP contribution in [0.2, 0.25) is 0 Å². The Morgan fingerprint density at radius 3 is 2.78 bits per heavy atom. The molecule has 2 unspecified atom stereocenters. The summed E-state index contributed by atoms with van der Waals surface area (Å²) >= 11 is 0. The lowest BCUT2D eigenvalue weighted by Gasteiger charge is -2.26. The fraction of sp³-hybridized carbons (Fsp3) is 0.529. The van der Waals surface area contributed by atoms with E-state index in [1.807, 2.05) is 0 Å². The average Bonchev–Trinajstić information content (AvgIpc) is 2.46. The van der Waals surface area contributed by atoms with Gasteiger partial charge in [0, 0.05) is 0 Å². The molecule has 18 heavy (non-hydrogen) atoms. The first-order chi connectivity index (χ1) is 8.81. The zero-order chi connectivity index (χ0) is 12.8. The lowest BCUT2D eigenvalue weighted by Crippen LogP contribution is -2.16. The van der Waals surface area contributed by atoms with Gasteiger partial charge in [0.1, 0.15) is 0 Å². The molecule has 0 saturated heterocycles. The third kappa shape index (κ3) is 3.46. The minimum atomic E-state index is -0.212. The molecule has 0 aromatic heterocycles. The number of aliphatic hydroxyl groups is 1. The van der Waals surface area contributed by atoms with E-state index in [0.717, 1.165) is 32.1 Å². The largest absolute Gasteiger partial charge is 0.389 e. The molecule has 1 heteroatoms. The van der Waals surface area contributed by atoms with E-state index in [9.17, 15) is 5.11 Å². The van der Waals surface area contributed by atoms with Crippen LogP contribution in [-0.2, 0) is 0 Å². The Hall–Kier alpha value is -1.08. The smallest absolute Gasteiger partial charge is 0.0750 e. The number of benzene rings is 1. The van der Waals surface area contributed by atoms with Crippen molar-refractivity contribution in [2.75, 3.05) is 0 Å². The Bertz CT molecular complexity index is 380. The van der Waals surface area contributed by atoms with Gasteiger partial charge in [-0.2, -0.15) is 0 Å². The molecule has 1 N–H and O–H groups in total.